The molecule has 0 N–H and O–H groups in total. The molecule has 0 aliphatic carbocycles. The first-order valence-corrected chi connectivity index (χ1v) is 3.63. The maximum Gasteiger partial charge on any atom is 0.115 e. The molecule has 3 nitrogen and oxygen atoms in total. The SMILES string of the molecule is Cl.c1ccc(-c2cncnc2)nc1. The Hall–Kier alpha value is -1.48. The highest BCUT2D eigenvalue weighted by Crippen LogP contribution is 2.11. The first-order valence-electron chi connectivity index (χ1n) is 3.63. The second-order valence-corrected chi connectivity index (χ2v) is 2.34. The summed E-state index contributed by atoms with van der Waals surface area (Å²) in [5, 5.41) is 0. The lowest BCUT2D eigenvalue weighted by Crippen LogP contribution is -1.83. The Morgan fingerprint density at radius 2 is 1.77 bits per heavy atom. The number of hydrogen-bond donors (Lipinski definition) is 0. The van der Waals surface area contributed by atoms with Crippen molar-refractivity contribution in [3.8, 4) is 11.3 Å². The van der Waals surface area contributed by atoms with Crippen molar-refractivity contribution < 1.29 is 0 Å². The quantitative estimate of drug-likeness (QED) is 0.695. The molecule has 2 heterocycles. The lowest BCUT2D eigenvalue weighted by atomic mass is 10.2. The third-order valence-corrected chi connectivity index (χ3v) is 1.52. The summed E-state index contributed by atoms with van der Waals surface area (Å²) in [4.78, 5) is 12.0. The van der Waals surface area contributed by atoms with Gasteiger partial charge in [0.25, 0.3) is 0 Å². The van der Waals surface area contributed by atoms with Crippen LogP contribution in [0.3, 0.4) is 0 Å². The van der Waals surface area contributed by atoms with E-state index in [9.17, 15) is 0 Å². The first-order chi connectivity index (χ1) is 5.97. The Balaban J connectivity index is 0.000000845. The van der Waals surface area contributed by atoms with Gasteiger partial charge in [-0.1, -0.05) is 6.07 Å². The van der Waals surface area contributed by atoms with Gasteiger partial charge < -0.3 is 0 Å². The highest BCUT2D eigenvalue weighted by molar-refractivity contribution is 5.85. The van der Waals surface area contributed by atoms with Crippen molar-refractivity contribution in [1.29, 1.82) is 0 Å². The third kappa shape index (κ3) is 2.23. The highest BCUT2D eigenvalue weighted by Gasteiger charge is 1.95. The molecule has 0 saturated heterocycles. The van der Waals surface area contributed by atoms with E-state index in [1.54, 1.807) is 18.6 Å². The van der Waals surface area contributed by atoms with E-state index >= 15 is 0 Å². The zero-order valence-electron chi connectivity index (χ0n) is 6.79. The van der Waals surface area contributed by atoms with Gasteiger partial charge in [-0.25, -0.2) is 9.97 Å². The lowest BCUT2D eigenvalue weighted by Gasteiger charge is -1.96. The average Bonchev–Trinajstić information content (AvgIpc) is 2.21. The van der Waals surface area contributed by atoms with Crippen LogP contribution in [0.15, 0.2) is 43.1 Å². The van der Waals surface area contributed by atoms with Crippen molar-refractivity contribution in [3.05, 3.63) is 43.1 Å². The minimum Gasteiger partial charge on any atom is -0.256 e. The first kappa shape index (κ1) is 9.61. The van der Waals surface area contributed by atoms with Crippen molar-refractivity contribution in [2.45, 2.75) is 0 Å². The van der Waals surface area contributed by atoms with E-state index < -0.39 is 0 Å². The summed E-state index contributed by atoms with van der Waals surface area (Å²) >= 11 is 0. The molecule has 4 heteroatoms. The normalized spacial score (nSPS) is 8.92. The van der Waals surface area contributed by atoms with Crippen molar-refractivity contribution in [2.75, 3.05) is 0 Å². The molecule has 0 atom stereocenters. The van der Waals surface area contributed by atoms with Gasteiger partial charge in [0, 0.05) is 24.2 Å². The number of halogens is 1. The molecule has 0 spiro atoms. The van der Waals surface area contributed by atoms with Crippen LogP contribution in [0.1, 0.15) is 0 Å². The van der Waals surface area contributed by atoms with Gasteiger partial charge in [0.05, 0.1) is 5.69 Å². The Bertz CT molecular complexity index is 312. The summed E-state index contributed by atoms with van der Waals surface area (Å²) in [5.74, 6) is 0. The fourth-order valence-corrected chi connectivity index (χ4v) is 0.965. The molecule has 0 aliphatic rings. The van der Waals surface area contributed by atoms with Gasteiger partial charge in [-0.05, 0) is 12.1 Å². The molecule has 0 bridgehead atoms. The maximum absolute atomic E-state index is 4.17. The van der Waals surface area contributed by atoms with E-state index in [1.165, 1.54) is 6.33 Å². The van der Waals surface area contributed by atoms with Gasteiger partial charge in [0.1, 0.15) is 6.33 Å². The number of nitrogens with zero attached hydrogens (tertiary/aromatic N) is 3. The molecule has 66 valence electrons. The van der Waals surface area contributed by atoms with Crippen molar-refractivity contribution in [1.82, 2.24) is 15.0 Å². The van der Waals surface area contributed by atoms with Gasteiger partial charge in [-0.3, -0.25) is 4.98 Å². The molecule has 0 aromatic carbocycles. The van der Waals surface area contributed by atoms with Crippen molar-refractivity contribution in [3.63, 3.8) is 0 Å². The van der Waals surface area contributed by atoms with Crippen LogP contribution in [-0.4, -0.2) is 15.0 Å². The van der Waals surface area contributed by atoms with E-state index in [0.29, 0.717) is 0 Å². The van der Waals surface area contributed by atoms with Gasteiger partial charge in [-0.2, -0.15) is 0 Å². The summed E-state index contributed by atoms with van der Waals surface area (Å²) in [6, 6.07) is 5.75. The summed E-state index contributed by atoms with van der Waals surface area (Å²) in [6.45, 7) is 0. The van der Waals surface area contributed by atoms with Crippen LogP contribution < -0.4 is 0 Å². The molecular weight excluding hydrogens is 186 g/mol. The Labute approximate surface area is 82.3 Å². The predicted molar refractivity (Wildman–Crippen MR) is 52.5 cm³/mol. The van der Waals surface area contributed by atoms with E-state index in [0.717, 1.165) is 11.3 Å². The smallest absolute Gasteiger partial charge is 0.115 e. The van der Waals surface area contributed by atoms with Crippen LogP contribution >= 0.6 is 12.4 Å². The van der Waals surface area contributed by atoms with Crippen molar-refractivity contribution in [2.24, 2.45) is 0 Å². The molecule has 0 radical (unpaired) electrons. The van der Waals surface area contributed by atoms with Gasteiger partial charge in [-0.15, -0.1) is 12.4 Å². The largest absolute Gasteiger partial charge is 0.256 e. The fourth-order valence-electron chi connectivity index (χ4n) is 0.965. The molecule has 0 amide bonds. The van der Waals surface area contributed by atoms with E-state index in [-0.39, 0.29) is 12.4 Å². The van der Waals surface area contributed by atoms with Crippen molar-refractivity contribution >= 4 is 12.4 Å². The zero-order chi connectivity index (χ0) is 8.23. The monoisotopic (exact) mass is 193 g/mol. The summed E-state index contributed by atoms with van der Waals surface area (Å²) < 4.78 is 0. The van der Waals surface area contributed by atoms with Crippen LogP contribution in [0.2, 0.25) is 0 Å². The van der Waals surface area contributed by atoms with Gasteiger partial charge in [0.15, 0.2) is 0 Å². The standard InChI is InChI=1S/C9H7N3.ClH/c1-2-4-12-9(3-1)8-5-10-7-11-6-8;/h1-7H;1H. The minimum atomic E-state index is 0. The van der Waals surface area contributed by atoms with Gasteiger partial charge in [0.2, 0.25) is 0 Å². The molecule has 13 heavy (non-hydrogen) atoms. The van der Waals surface area contributed by atoms with Crippen LogP contribution in [-0.2, 0) is 0 Å². The number of aromatic nitrogens is 3. The van der Waals surface area contributed by atoms with Crippen LogP contribution in [0, 0.1) is 0 Å². The predicted octanol–water partition coefficient (Wildman–Crippen LogP) is 1.96. The Kier molecular flexibility index (Phi) is 3.34. The molecule has 2 rings (SSSR count). The summed E-state index contributed by atoms with van der Waals surface area (Å²) in [5.41, 5.74) is 1.84. The van der Waals surface area contributed by atoms with Gasteiger partial charge >= 0.3 is 0 Å². The van der Waals surface area contributed by atoms with Crippen LogP contribution in [0.4, 0.5) is 0 Å². The molecular formula is C9H8ClN3. The van der Waals surface area contributed by atoms with E-state index in [2.05, 4.69) is 15.0 Å². The topological polar surface area (TPSA) is 38.7 Å². The molecule has 0 saturated carbocycles. The second-order valence-electron chi connectivity index (χ2n) is 2.34. The summed E-state index contributed by atoms with van der Waals surface area (Å²) in [7, 11) is 0. The molecule has 0 fully saturated rings. The maximum atomic E-state index is 4.17. The zero-order valence-corrected chi connectivity index (χ0v) is 7.61. The molecule has 0 aliphatic heterocycles. The Morgan fingerprint density at radius 1 is 1.00 bits per heavy atom. The number of hydrogen-bond acceptors (Lipinski definition) is 3. The number of rotatable bonds is 1. The summed E-state index contributed by atoms with van der Waals surface area (Å²) in [6.07, 6.45) is 6.75. The number of pyridine rings is 1. The average molecular weight is 194 g/mol. The Morgan fingerprint density at radius 3 is 2.38 bits per heavy atom. The second kappa shape index (κ2) is 4.52. The molecule has 2 aromatic heterocycles. The molecule has 2 aromatic rings. The molecule has 0 unspecified atom stereocenters. The van der Waals surface area contributed by atoms with Crippen LogP contribution in [0.5, 0.6) is 0 Å². The van der Waals surface area contributed by atoms with Crippen LogP contribution in [0.25, 0.3) is 11.3 Å². The third-order valence-electron chi connectivity index (χ3n) is 1.52. The fraction of sp³-hybridized carbons (Fsp3) is 0. The van der Waals surface area contributed by atoms with E-state index in [1.807, 2.05) is 18.2 Å². The van der Waals surface area contributed by atoms with E-state index in [4.69, 9.17) is 0 Å². The lowest BCUT2D eigenvalue weighted by molar-refractivity contribution is 1.16. The highest BCUT2D eigenvalue weighted by atomic mass is 35.5. The minimum absolute atomic E-state index is 0.